The van der Waals surface area contributed by atoms with Crippen LogP contribution in [0.25, 0.3) is 10.8 Å². The first-order valence-electron chi connectivity index (χ1n) is 13.1. The third kappa shape index (κ3) is 7.25. The Morgan fingerprint density at radius 1 is 1.03 bits per heavy atom. The molecule has 0 radical (unpaired) electrons. The minimum absolute atomic E-state index is 0.0354. The number of ether oxygens (including phenoxy) is 1. The Morgan fingerprint density at radius 2 is 1.71 bits per heavy atom. The first kappa shape index (κ1) is 27.6. The molecule has 2 unspecified atom stereocenters. The molecule has 0 heterocycles. The zero-order valence-corrected chi connectivity index (χ0v) is 21.3. The third-order valence-electron chi connectivity index (χ3n) is 7.41. The van der Waals surface area contributed by atoms with Gasteiger partial charge in [0.2, 0.25) is 0 Å². The topological polar surface area (TPSA) is 87.0 Å². The second-order valence-electron chi connectivity index (χ2n) is 10.4. The van der Waals surface area contributed by atoms with E-state index in [0.29, 0.717) is 31.1 Å². The summed E-state index contributed by atoms with van der Waals surface area (Å²) in [7, 11) is 0. The van der Waals surface area contributed by atoms with Gasteiger partial charge in [-0.3, -0.25) is 4.79 Å². The van der Waals surface area contributed by atoms with Crippen molar-refractivity contribution in [2.24, 2.45) is 11.8 Å². The van der Waals surface area contributed by atoms with Crippen LogP contribution in [0.3, 0.4) is 0 Å². The average molecular weight is 489 g/mol. The Kier molecular flexibility index (Phi) is 10.1. The van der Waals surface area contributed by atoms with Crippen molar-refractivity contribution in [1.29, 1.82) is 0 Å². The minimum Gasteiger partial charge on any atom is -0.463 e. The molecule has 0 amide bonds. The number of halogens is 1. The molecule has 35 heavy (non-hydrogen) atoms. The molecule has 1 saturated carbocycles. The molecule has 0 saturated heterocycles. The second-order valence-corrected chi connectivity index (χ2v) is 10.4. The van der Waals surface area contributed by atoms with Crippen molar-refractivity contribution in [1.82, 2.24) is 0 Å². The normalized spacial score (nSPS) is 23.2. The number of unbranched alkanes of at least 4 members (excludes halogenated alkanes) is 3. The molecule has 0 bridgehead atoms. The molecular weight excluding hydrogens is 447 g/mol. The number of aryl methyl sites for hydroxylation is 1. The highest BCUT2D eigenvalue weighted by atomic mass is 19.1. The summed E-state index contributed by atoms with van der Waals surface area (Å²) < 4.78 is 20.3. The molecule has 2 aromatic carbocycles. The quantitative estimate of drug-likeness (QED) is 0.262. The van der Waals surface area contributed by atoms with E-state index < -0.39 is 18.3 Å². The van der Waals surface area contributed by atoms with E-state index in [0.717, 1.165) is 43.1 Å². The predicted molar refractivity (Wildman–Crippen MR) is 135 cm³/mol. The van der Waals surface area contributed by atoms with Gasteiger partial charge in [0.1, 0.15) is 5.82 Å². The van der Waals surface area contributed by atoms with Gasteiger partial charge in [-0.2, -0.15) is 0 Å². The Balaban J connectivity index is 1.50. The Bertz CT molecular complexity index is 975. The van der Waals surface area contributed by atoms with Gasteiger partial charge in [0.15, 0.2) is 0 Å². The fourth-order valence-electron chi connectivity index (χ4n) is 5.59. The highest BCUT2D eigenvalue weighted by molar-refractivity contribution is 5.87. The van der Waals surface area contributed by atoms with E-state index in [4.69, 9.17) is 4.74 Å². The lowest BCUT2D eigenvalue weighted by atomic mass is 9.84. The molecule has 0 aromatic heterocycles. The maximum Gasteiger partial charge on any atom is 0.306 e. The maximum atomic E-state index is 15.2. The van der Waals surface area contributed by atoms with E-state index in [1.165, 1.54) is 0 Å². The van der Waals surface area contributed by atoms with Crippen molar-refractivity contribution in [3.05, 3.63) is 47.3 Å². The molecular formula is C29H41FO5. The number of benzene rings is 2. The largest absolute Gasteiger partial charge is 0.463 e. The lowest BCUT2D eigenvalue weighted by Crippen LogP contribution is -2.23. The second kappa shape index (κ2) is 12.8. The van der Waals surface area contributed by atoms with Crippen molar-refractivity contribution in [2.45, 2.75) is 103 Å². The number of aliphatic hydroxyl groups excluding tert-OH is 3. The van der Waals surface area contributed by atoms with Crippen LogP contribution in [0, 0.1) is 24.6 Å². The molecule has 1 aliphatic carbocycles. The summed E-state index contributed by atoms with van der Waals surface area (Å²) in [6.07, 6.45) is 3.75. The summed E-state index contributed by atoms with van der Waals surface area (Å²) in [4.78, 5) is 11.6. The van der Waals surface area contributed by atoms with Crippen molar-refractivity contribution in [3.63, 3.8) is 0 Å². The van der Waals surface area contributed by atoms with Crippen molar-refractivity contribution in [2.75, 3.05) is 0 Å². The van der Waals surface area contributed by atoms with Crippen LogP contribution in [0.1, 0.15) is 88.9 Å². The van der Waals surface area contributed by atoms with E-state index >= 15 is 4.39 Å². The number of rotatable bonds is 12. The number of fused-ring (bicyclic) bond motifs is 1. The van der Waals surface area contributed by atoms with E-state index in [1.54, 1.807) is 6.07 Å². The summed E-state index contributed by atoms with van der Waals surface area (Å²) in [5.74, 6) is -0.697. The van der Waals surface area contributed by atoms with Crippen LogP contribution in [0.15, 0.2) is 30.3 Å². The Hall–Kier alpha value is -2.02. The van der Waals surface area contributed by atoms with Crippen molar-refractivity contribution >= 4 is 16.7 Å². The van der Waals surface area contributed by atoms with E-state index in [-0.39, 0.29) is 35.3 Å². The minimum atomic E-state index is -0.963. The zero-order valence-electron chi connectivity index (χ0n) is 21.3. The van der Waals surface area contributed by atoms with Crippen LogP contribution in [0.5, 0.6) is 0 Å². The lowest BCUT2D eigenvalue weighted by molar-refractivity contribution is -0.147. The number of carbonyl (C=O) groups is 1. The number of carbonyl (C=O) groups excluding carboxylic acids is 1. The van der Waals surface area contributed by atoms with Crippen molar-refractivity contribution in [3.8, 4) is 0 Å². The number of hydrogen-bond donors (Lipinski definition) is 3. The molecule has 2 aromatic rings. The fourth-order valence-corrected chi connectivity index (χ4v) is 5.59. The Morgan fingerprint density at radius 3 is 2.43 bits per heavy atom. The van der Waals surface area contributed by atoms with Gasteiger partial charge in [-0.15, -0.1) is 0 Å². The van der Waals surface area contributed by atoms with Crippen molar-refractivity contribution < 1.29 is 29.2 Å². The SMILES string of the molecule is Cc1cccc2ccc(C(O)CC[C@@H]3C(CCCCCCC(=O)OC(C)C)[C@@H](O)C[C@H]3O)c(F)c12. The first-order chi connectivity index (χ1) is 16.7. The van der Waals surface area contributed by atoms with Crippen LogP contribution in [-0.4, -0.2) is 39.6 Å². The van der Waals surface area contributed by atoms with E-state index in [9.17, 15) is 20.1 Å². The van der Waals surface area contributed by atoms with Gasteiger partial charge in [-0.25, -0.2) is 4.39 Å². The Labute approximate surface area is 208 Å². The molecule has 0 aliphatic heterocycles. The van der Waals surface area contributed by atoms with Gasteiger partial charge in [0, 0.05) is 17.4 Å². The van der Waals surface area contributed by atoms with Gasteiger partial charge in [0.25, 0.3) is 0 Å². The van der Waals surface area contributed by atoms with Crippen LogP contribution in [0.2, 0.25) is 0 Å². The zero-order chi connectivity index (χ0) is 25.5. The molecule has 0 spiro atoms. The van der Waals surface area contributed by atoms with Crippen LogP contribution in [-0.2, 0) is 9.53 Å². The van der Waals surface area contributed by atoms with E-state index in [1.807, 2.05) is 45.0 Å². The fraction of sp³-hybridized carbons (Fsp3) is 0.621. The number of esters is 1. The summed E-state index contributed by atoms with van der Waals surface area (Å²) in [6.45, 7) is 5.54. The molecule has 1 fully saturated rings. The van der Waals surface area contributed by atoms with Gasteiger partial charge >= 0.3 is 5.97 Å². The summed E-state index contributed by atoms with van der Waals surface area (Å²) in [5.41, 5.74) is 1.12. The third-order valence-corrected chi connectivity index (χ3v) is 7.41. The van der Waals surface area contributed by atoms with Crippen LogP contribution < -0.4 is 0 Å². The maximum absolute atomic E-state index is 15.2. The first-order valence-corrected chi connectivity index (χ1v) is 13.1. The summed E-state index contributed by atoms with van der Waals surface area (Å²) >= 11 is 0. The molecule has 1 aliphatic rings. The molecule has 194 valence electrons. The van der Waals surface area contributed by atoms with Crippen LogP contribution in [0.4, 0.5) is 4.39 Å². The molecule has 6 heteroatoms. The van der Waals surface area contributed by atoms with Gasteiger partial charge in [-0.05, 0) is 75.7 Å². The van der Waals surface area contributed by atoms with Gasteiger partial charge < -0.3 is 20.1 Å². The standard InChI is InChI=1S/C29H41FO5/c1-18(2)35-27(34)12-7-5-4-6-11-21-22(26(33)17-25(21)32)15-16-24(31)23-14-13-20-10-8-9-19(3)28(20)29(23)30/h8-10,13-14,18,21-22,24-26,31-33H,4-7,11-12,15-17H2,1-3H3/t21?,22-,24?,25+,26-/m1/s1. The van der Waals surface area contributed by atoms with Crippen LogP contribution >= 0.6 is 0 Å². The highest BCUT2D eigenvalue weighted by Crippen LogP contribution is 2.40. The molecule has 3 rings (SSSR count). The predicted octanol–water partition coefficient (Wildman–Crippen LogP) is 5.75. The molecule has 5 nitrogen and oxygen atoms in total. The van der Waals surface area contributed by atoms with Gasteiger partial charge in [-0.1, -0.05) is 49.6 Å². The number of hydrogen-bond acceptors (Lipinski definition) is 5. The van der Waals surface area contributed by atoms with Gasteiger partial charge in [0.05, 0.1) is 24.4 Å². The lowest BCUT2D eigenvalue weighted by Gasteiger charge is -2.25. The van der Waals surface area contributed by atoms with E-state index in [2.05, 4.69) is 0 Å². The number of aliphatic hydroxyl groups is 3. The summed E-state index contributed by atoms with van der Waals surface area (Å²) in [5, 5.41) is 33.2. The average Bonchev–Trinajstić information content (AvgIpc) is 3.06. The summed E-state index contributed by atoms with van der Waals surface area (Å²) in [6, 6.07) is 9.10. The monoisotopic (exact) mass is 488 g/mol. The molecule has 5 atom stereocenters. The highest BCUT2D eigenvalue weighted by Gasteiger charge is 2.41. The molecule has 3 N–H and O–H groups in total. The smallest absolute Gasteiger partial charge is 0.306 e.